The summed E-state index contributed by atoms with van der Waals surface area (Å²) < 4.78 is 51.7. The van der Waals surface area contributed by atoms with Gasteiger partial charge < -0.3 is 9.80 Å². The SMILES string of the molecule is O=C(c1ccc(F)cc1)N1CCN(c2cc(C(F)(F)F)ccc2Cl)CC1. The first-order valence-electron chi connectivity index (χ1n) is 7.92. The fourth-order valence-electron chi connectivity index (χ4n) is 2.86. The Morgan fingerprint density at radius 1 is 0.962 bits per heavy atom. The van der Waals surface area contributed by atoms with Crippen molar-refractivity contribution in [3.8, 4) is 0 Å². The number of hydrogen-bond acceptors (Lipinski definition) is 2. The first kappa shape index (κ1) is 18.5. The van der Waals surface area contributed by atoms with Gasteiger partial charge in [0.1, 0.15) is 5.82 Å². The molecule has 0 aromatic heterocycles. The molecule has 1 aliphatic heterocycles. The molecule has 2 aromatic carbocycles. The van der Waals surface area contributed by atoms with Crippen molar-refractivity contribution in [2.45, 2.75) is 6.18 Å². The molecule has 1 aliphatic rings. The van der Waals surface area contributed by atoms with Gasteiger partial charge >= 0.3 is 6.18 Å². The van der Waals surface area contributed by atoms with E-state index in [-0.39, 0.29) is 10.9 Å². The Kier molecular flexibility index (Phi) is 5.09. The zero-order valence-electron chi connectivity index (χ0n) is 13.6. The normalized spacial score (nSPS) is 15.3. The smallest absolute Gasteiger partial charge is 0.367 e. The van der Waals surface area contributed by atoms with Gasteiger partial charge in [-0.05, 0) is 42.5 Å². The molecule has 2 aromatic rings. The van der Waals surface area contributed by atoms with Crippen LogP contribution in [0.25, 0.3) is 0 Å². The number of carbonyl (C=O) groups excluding carboxylic acids is 1. The highest BCUT2D eigenvalue weighted by molar-refractivity contribution is 6.33. The molecule has 0 spiro atoms. The van der Waals surface area contributed by atoms with E-state index in [1.807, 2.05) is 0 Å². The summed E-state index contributed by atoms with van der Waals surface area (Å²) in [5.74, 6) is -0.662. The van der Waals surface area contributed by atoms with Gasteiger partial charge in [-0.1, -0.05) is 11.6 Å². The van der Waals surface area contributed by atoms with Gasteiger partial charge in [0.15, 0.2) is 0 Å². The van der Waals surface area contributed by atoms with Gasteiger partial charge in [0.2, 0.25) is 0 Å². The summed E-state index contributed by atoms with van der Waals surface area (Å²) in [6, 6.07) is 8.45. The topological polar surface area (TPSA) is 23.6 Å². The molecule has 0 bridgehead atoms. The van der Waals surface area contributed by atoms with Crippen LogP contribution in [0.15, 0.2) is 42.5 Å². The number of anilines is 1. The lowest BCUT2D eigenvalue weighted by atomic mass is 10.1. The largest absolute Gasteiger partial charge is 0.416 e. The van der Waals surface area contributed by atoms with Crippen LogP contribution < -0.4 is 4.90 Å². The number of amides is 1. The van der Waals surface area contributed by atoms with Gasteiger partial charge in [-0.15, -0.1) is 0 Å². The molecule has 1 saturated heterocycles. The molecule has 0 radical (unpaired) electrons. The molecule has 3 rings (SSSR count). The second-order valence-electron chi connectivity index (χ2n) is 5.95. The highest BCUT2D eigenvalue weighted by Crippen LogP contribution is 2.35. The van der Waals surface area contributed by atoms with E-state index in [0.29, 0.717) is 37.4 Å². The van der Waals surface area contributed by atoms with E-state index in [9.17, 15) is 22.4 Å². The Labute approximate surface area is 152 Å². The summed E-state index contributed by atoms with van der Waals surface area (Å²) >= 11 is 6.06. The van der Waals surface area contributed by atoms with E-state index in [1.165, 1.54) is 30.3 Å². The van der Waals surface area contributed by atoms with E-state index >= 15 is 0 Å². The van der Waals surface area contributed by atoms with Crippen molar-refractivity contribution >= 4 is 23.2 Å². The van der Waals surface area contributed by atoms with E-state index < -0.39 is 17.6 Å². The molecular formula is C18H15ClF4N2O. The van der Waals surface area contributed by atoms with Crippen LogP contribution in [-0.4, -0.2) is 37.0 Å². The Balaban J connectivity index is 1.71. The van der Waals surface area contributed by atoms with Crippen LogP contribution >= 0.6 is 11.6 Å². The van der Waals surface area contributed by atoms with Crippen molar-refractivity contribution in [3.63, 3.8) is 0 Å². The van der Waals surface area contributed by atoms with Crippen LogP contribution in [0.2, 0.25) is 5.02 Å². The Morgan fingerprint density at radius 3 is 2.15 bits per heavy atom. The molecule has 3 nitrogen and oxygen atoms in total. The minimum absolute atomic E-state index is 0.233. The van der Waals surface area contributed by atoms with E-state index in [2.05, 4.69) is 0 Å². The molecule has 26 heavy (non-hydrogen) atoms. The first-order chi connectivity index (χ1) is 12.3. The van der Waals surface area contributed by atoms with Crippen molar-refractivity contribution in [2.24, 2.45) is 0 Å². The third-order valence-electron chi connectivity index (χ3n) is 4.27. The van der Waals surface area contributed by atoms with Crippen LogP contribution in [0.1, 0.15) is 15.9 Å². The number of nitrogens with zero attached hydrogens (tertiary/aromatic N) is 2. The average molecular weight is 387 g/mol. The van der Waals surface area contributed by atoms with Crippen molar-refractivity contribution in [1.82, 2.24) is 4.90 Å². The minimum atomic E-state index is -4.44. The van der Waals surface area contributed by atoms with Gasteiger partial charge in [-0.2, -0.15) is 13.2 Å². The van der Waals surface area contributed by atoms with Crippen LogP contribution in [-0.2, 0) is 6.18 Å². The Morgan fingerprint density at radius 2 is 1.58 bits per heavy atom. The predicted molar refractivity (Wildman–Crippen MR) is 91.0 cm³/mol. The second-order valence-corrected chi connectivity index (χ2v) is 6.36. The number of benzene rings is 2. The molecule has 1 amide bonds. The number of rotatable bonds is 2. The van der Waals surface area contributed by atoms with Crippen molar-refractivity contribution in [3.05, 3.63) is 64.4 Å². The first-order valence-corrected chi connectivity index (χ1v) is 8.30. The number of piperazine rings is 1. The molecular weight excluding hydrogens is 372 g/mol. The molecule has 138 valence electrons. The summed E-state index contributed by atoms with van der Waals surface area (Å²) in [6.07, 6.45) is -4.44. The van der Waals surface area contributed by atoms with Crippen molar-refractivity contribution in [1.29, 1.82) is 0 Å². The molecule has 1 fully saturated rings. The summed E-state index contributed by atoms with van der Waals surface area (Å²) in [5, 5.41) is 0.233. The van der Waals surface area contributed by atoms with E-state index in [4.69, 9.17) is 11.6 Å². The van der Waals surface area contributed by atoms with Crippen LogP contribution in [0.5, 0.6) is 0 Å². The summed E-state index contributed by atoms with van der Waals surface area (Å²) in [7, 11) is 0. The number of alkyl halides is 3. The lowest BCUT2D eigenvalue weighted by molar-refractivity contribution is -0.137. The monoisotopic (exact) mass is 386 g/mol. The highest BCUT2D eigenvalue weighted by Gasteiger charge is 2.32. The van der Waals surface area contributed by atoms with Gasteiger partial charge in [-0.25, -0.2) is 4.39 Å². The Hall–Kier alpha value is -2.28. The predicted octanol–water partition coefficient (Wildman–Crippen LogP) is 4.46. The summed E-state index contributed by atoms with van der Waals surface area (Å²) in [4.78, 5) is 15.7. The molecule has 0 unspecified atom stereocenters. The fraction of sp³-hybridized carbons (Fsp3) is 0.278. The van der Waals surface area contributed by atoms with Crippen LogP contribution in [0.3, 0.4) is 0 Å². The molecule has 8 heteroatoms. The maximum absolute atomic E-state index is 13.0. The quantitative estimate of drug-likeness (QED) is 0.711. The van der Waals surface area contributed by atoms with Gasteiger partial charge in [0.25, 0.3) is 5.91 Å². The third-order valence-corrected chi connectivity index (χ3v) is 4.59. The molecule has 0 N–H and O–H groups in total. The zero-order chi connectivity index (χ0) is 18.9. The Bertz CT molecular complexity index is 800. The van der Waals surface area contributed by atoms with Gasteiger partial charge in [0, 0.05) is 31.7 Å². The number of halogens is 5. The maximum atomic E-state index is 13.0. The molecule has 0 aliphatic carbocycles. The number of carbonyl (C=O) groups is 1. The third kappa shape index (κ3) is 3.93. The lowest BCUT2D eigenvalue weighted by Gasteiger charge is -2.36. The molecule has 1 heterocycles. The zero-order valence-corrected chi connectivity index (χ0v) is 14.3. The van der Waals surface area contributed by atoms with Gasteiger partial charge in [-0.3, -0.25) is 4.79 Å². The summed E-state index contributed by atoms with van der Waals surface area (Å²) in [6.45, 7) is 1.38. The van der Waals surface area contributed by atoms with Gasteiger partial charge in [0.05, 0.1) is 16.3 Å². The second kappa shape index (κ2) is 7.15. The maximum Gasteiger partial charge on any atom is 0.416 e. The molecule has 0 atom stereocenters. The highest BCUT2D eigenvalue weighted by atomic mass is 35.5. The van der Waals surface area contributed by atoms with Crippen molar-refractivity contribution in [2.75, 3.05) is 31.1 Å². The van der Waals surface area contributed by atoms with Crippen LogP contribution in [0.4, 0.5) is 23.2 Å². The number of hydrogen-bond donors (Lipinski definition) is 0. The fourth-order valence-corrected chi connectivity index (χ4v) is 3.09. The van der Waals surface area contributed by atoms with E-state index in [0.717, 1.165) is 12.1 Å². The minimum Gasteiger partial charge on any atom is -0.367 e. The van der Waals surface area contributed by atoms with Crippen molar-refractivity contribution < 1.29 is 22.4 Å². The van der Waals surface area contributed by atoms with Crippen LogP contribution in [0, 0.1) is 5.82 Å². The summed E-state index contributed by atoms with van der Waals surface area (Å²) in [5.41, 5.74) is -0.0888. The standard InChI is InChI=1S/C18H15ClF4N2O/c19-15-6-3-13(18(21,22)23)11-16(15)24-7-9-25(10-8-24)17(26)12-1-4-14(20)5-2-12/h1-6,11H,7-10H2. The lowest BCUT2D eigenvalue weighted by Crippen LogP contribution is -2.49. The average Bonchev–Trinajstić information content (AvgIpc) is 2.61. The molecule has 0 saturated carbocycles. The van der Waals surface area contributed by atoms with E-state index in [1.54, 1.807) is 9.80 Å².